The Bertz CT molecular complexity index is 638. The Hall–Kier alpha value is -1.72. The molecule has 0 radical (unpaired) electrons. The average Bonchev–Trinajstić information content (AvgIpc) is 2.91. The molecule has 0 N–H and O–H groups in total. The first kappa shape index (κ1) is 15.8. The van der Waals surface area contributed by atoms with Crippen molar-refractivity contribution < 1.29 is 4.74 Å². The van der Waals surface area contributed by atoms with E-state index in [1.165, 1.54) is 31.5 Å². The number of fused-ring (bicyclic) bond motifs is 1. The fraction of sp³-hybridized carbons (Fsp3) is 0.579. The number of imidazole rings is 1. The van der Waals surface area contributed by atoms with Crippen molar-refractivity contribution in [1.82, 2.24) is 19.4 Å². The molecule has 3 heterocycles. The third kappa shape index (κ3) is 3.84. The summed E-state index contributed by atoms with van der Waals surface area (Å²) in [5.41, 5.74) is 2.34. The summed E-state index contributed by atoms with van der Waals surface area (Å²) in [5, 5.41) is 0. The summed E-state index contributed by atoms with van der Waals surface area (Å²) >= 11 is 0. The number of hydrogen-bond donors (Lipinski definition) is 0. The minimum Gasteiger partial charge on any atom is -0.375 e. The van der Waals surface area contributed by atoms with Crippen molar-refractivity contribution in [2.75, 3.05) is 19.7 Å². The molecule has 5 heteroatoms. The molecule has 2 aromatic heterocycles. The highest BCUT2D eigenvalue weighted by atomic mass is 16.5. The van der Waals surface area contributed by atoms with Crippen molar-refractivity contribution in [3.63, 3.8) is 0 Å². The molecule has 0 saturated heterocycles. The molecule has 5 nitrogen and oxygen atoms in total. The van der Waals surface area contributed by atoms with Gasteiger partial charge in [-0.25, -0.2) is 4.98 Å². The fourth-order valence-corrected chi connectivity index (χ4v) is 3.74. The molecule has 0 unspecified atom stereocenters. The van der Waals surface area contributed by atoms with E-state index in [9.17, 15) is 0 Å². The van der Waals surface area contributed by atoms with Crippen LogP contribution in [0.3, 0.4) is 0 Å². The van der Waals surface area contributed by atoms with Crippen LogP contribution in [0.1, 0.15) is 30.7 Å². The van der Waals surface area contributed by atoms with E-state index in [0.29, 0.717) is 12.5 Å². The van der Waals surface area contributed by atoms with Gasteiger partial charge in [0.05, 0.1) is 30.9 Å². The maximum atomic E-state index is 5.98. The lowest BCUT2D eigenvalue weighted by Gasteiger charge is -2.32. The summed E-state index contributed by atoms with van der Waals surface area (Å²) in [6.45, 7) is 5.72. The van der Waals surface area contributed by atoms with Gasteiger partial charge in [-0.05, 0) is 30.9 Å². The zero-order valence-corrected chi connectivity index (χ0v) is 14.2. The molecule has 1 aliphatic carbocycles. The topological polar surface area (TPSA) is 43.2 Å². The van der Waals surface area contributed by atoms with Crippen LogP contribution < -0.4 is 0 Å². The number of pyridine rings is 1. The predicted molar refractivity (Wildman–Crippen MR) is 92.2 cm³/mol. The van der Waals surface area contributed by atoms with Crippen LogP contribution >= 0.6 is 0 Å². The summed E-state index contributed by atoms with van der Waals surface area (Å²) in [6.07, 6.45) is 10.0. The number of ether oxygens (including phenoxy) is 1. The van der Waals surface area contributed by atoms with E-state index in [-0.39, 0.29) is 0 Å². The highest BCUT2D eigenvalue weighted by Crippen LogP contribution is 2.28. The van der Waals surface area contributed by atoms with E-state index >= 15 is 0 Å². The van der Waals surface area contributed by atoms with E-state index in [4.69, 9.17) is 4.74 Å². The highest BCUT2D eigenvalue weighted by Gasteiger charge is 2.26. The van der Waals surface area contributed by atoms with Gasteiger partial charge in [0.2, 0.25) is 0 Å². The van der Waals surface area contributed by atoms with Crippen molar-refractivity contribution >= 4 is 0 Å². The largest absolute Gasteiger partial charge is 0.375 e. The molecule has 1 saturated carbocycles. The molecule has 1 atom stereocenters. The van der Waals surface area contributed by atoms with Crippen LogP contribution in [0.4, 0.5) is 0 Å². The highest BCUT2D eigenvalue weighted by molar-refractivity contribution is 5.02. The molecule has 1 aliphatic heterocycles. The fourth-order valence-electron chi connectivity index (χ4n) is 3.74. The number of rotatable bonds is 6. The van der Waals surface area contributed by atoms with Gasteiger partial charge in [-0.3, -0.25) is 9.88 Å². The van der Waals surface area contributed by atoms with Gasteiger partial charge in [-0.15, -0.1) is 0 Å². The van der Waals surface area contributed by atoms with Crippen LogP contribution in [0.15, 0.2) is 36.9 Å². The molecule has 4 rings (SSSR count). The van der Waals surface area contributed by atoms with Gasteiger partial charge in [-0.2, -0.15) is 0 Å². The lowest BCUT2D eigenvalue weighted by atomic mass is 9.85. The number of aromatic nitrogens is 3. The number of hydrogen-bond acceptors (Lipinski definition) is 4. The Morgan fingerprint density at radius 1 is 1.17 bits per heavy atom. The second kappa shape index (κ2) is 7.45. The van der Waals surface area contributed by atoms with Crippen molar-refractivity contribution in [1.29, 1.82) is 0 Å². The molecule has 0 spiro atoms. The first-order chi connectivity index (χ1) is 11.9. The smallest absolute Gasteiger partial charge is 0.0948 e. The maximum absolute atomic E-state index is 5.98. The van der Waals surface area contributed by atoms with E-state index in [1.54, 1.807) is 0 Å². The first-order valence-electron chi connectivity index (χ1n) is 9.06. The van der Waals surface area contributed by atoms with Crippen LogP contribution in [0, 0.1) is 11.8 Å². The van der Waals surface area contributed by atoms with Crippen molar-refractivity contribution in [3.05, 3.63) is 48.3 Å². The van der Waals surface area contributed by atoms with Gasteiger partial charge in [0.1, 0.15) is 0 Å². The normalized spacial score (nSPS) is 21.9. The summed E-state index contributed by atoms with van der Waals surface area (Å²) in [5.74, 6) is 1.40. The Morgan fingerprint density at radius 2 is 2.12 bits per heavy atom. The van der Waals surface area contributed by atoms with Crippen LogP contribution in [0.5, 0.6) is 0 Å². The molecule has 0 bridgehead atoms. The van der Waals surface area contributed by atoms with E-state index in [2.05, 4.69) is 19.4 Å². The van der Waals surface area contributed by atoms with Crippen LogP contribution in [-0.2, 0) is 24.4 Å². The van der Waals surface area contributed by atoms with E-state index < -0.39 is 0 Å². The second-order valence-electron chi connectivity index (χ2n) is 7.23. The van der Waals surface area contributed by atoms with Gasteiger partial charge < -0.3 is 9.30 Å². The molecule has 2 aromatic rings. The predicted octanol–water partition coefficient (Wildman–Crippen LogP) is 2.73. The summed E-state index contributed by atoms with van der Waals surface area (Å²) in [4.78, 5) is 11.3. The van der Waals surface area contributed by atoms with E-state index in [0.717, 1.165) is 37.9 Å². The molecule has 2 aliphatic rings. The van der Waals surface area contributed by atoms with Crippen molar-refractivity contribution in [3.8, 4) is 0 Å². The quantitative estimate of drug-likeness (QED) is 0.819. The minimum atomic E-state index is 0.504. The van der Waals surface area contributed by atoms with Crippen LogP contribution in [0.25, 0.3) is 0 Å². The first-order valence-corrected chi connectivity index (χ1v) is 9.06. The zero-order chi connectivity index (χ0) is 16.2. The lowest BCUT2D eigenvalue weighted by molar-refractivity contribution is 0.0601. The standard InChI is InChI=1S/C19H26N4O/c1-2-7-21-18(6-1)14-24-13-17-10-22(9-16-4-3-5-16)12-19-8-20-15-23(19)11-17/h1-2,6-8,15-17H,3-5,9-14H2/t17-/m1/s1. The van der Waals surface area contributed by atoms with Crippen molar-refractivity contribution in [2.24, 2.45) is 11.8 Å². The SMILES string of the molecule is c1ccc(COC[C@@H]2CN(CC3CCC3)Cc3cncn3C2)nc1. The van der Waals surface area contributed by atoms with Gasteiger partial charge >= 0.3 is 0 Å². The molecule has 0 amide bonds. The van der Waals surface area contributed by atoms with Gasteiger partial charge in [0, 0.05) is 44.5 Å². The molecular formula is C19H26N4O. The maximum Gasteiger partial charge on any atom is 0.0948 e. The average molecular weight is 326 g/mol. The summed E-state index contributed by atoms with van der Waals surface area (Å²) < 4.78 is 8.28. The van der Waals surface area contributed by atoms with Crippen molar-refractivity contribution in [2.45, 2.75) is 39.0 Å². The molecule has 0 aromatic carbocycles. The molecule has 128 valence electrons. The Kier molecular flexibility index (Phi) is 4.90. The van der Waals surface area contributed by atoms with E-state index in [1.807, 2.05) is 36.9 Å². The van der Waals surface area contributed by atoms with Gasteiger partial charge in [0.25, 0.3) is 0 Å². The third-order valence-corrected chi connectivity index (χ3v) is 5.23. The minimum absolute atomic E-state index is 0.504. The van der Waals surface area contributed by atoms with Crippen LogP contribution in [0.2, 0.25) is 0 Å². The van der Waals surface area contributed by atoms with Gasteiger partial charge in [0.15, 0.2) is 0 Å². The Balaban J connectivity index is 1.36. The van der Waals surface area contributed by atoms with Crippen LogP contribution in [-0.4, -0.2) is 39.1 Å². The molecular weight excluding hydrogens is 300 g/mol. The lowest BCUT2D eigenvalue weighted by Crippen LogP contribution is -2.36. The Morgan fingerprint density at radius 3 is 2.92 bits per heavy atom. The molecule has 1 fully saturated rings. The zero-order valence-electron chi connectivity index (χ0n) is 14.2. The number of nitrogens with zero attached hydrogens (tertiary/aromatic N) is 4. The van der Waals surface area contributed by atoms with Gasteiger partial charge in [-0.1, -0.05) is 12.5 Å². The Labute approximate surface area is 143 Å². The summed E-state index contributed by atoms with van der Waals surface area (Å²) in [6, 6.07) is 5.97. The monoisotopic (exact) mass is 326 g/mol. The second-order valence-corrected chi connectivity index (χ2v) is 7.23. The third-order valence-electron chi connectivity index (χ3n) is 5.23. The molecule has 24 heavy (non-hydrogen) atoms. The summed E-state index contributed by atoms with van der Waals surface area (Å²) in [7, 11) is 0.